The SMILES string of the molecule is CC(=Cc1ccc(-c2cccc([N+](=O)[O-])c2)o1)[N+](=O)[O-]. The third-order valence-corrected chi connectivity index (χ3v) is 2.61. The molecule has 2 aromatic rings. The van der Waals surface area contributed by atoms with E-state index in [1.807, 2.05) is 0 Å². The maximum absolute atomic E-state index is 10.7. The summed E-state index contributed by atoms with van der Waals surface area (Å²) in [4.78, 5) is 20.2. The van der Waals surface area contributed by atoms with E-state index >= 15 is 0 Å². The fourth-order valence-electron chi connectivity index (χ4n) is 1.62. The average Bonchev–Trinajstić information content (AvgIpc) is 2.87. The van der Waals surface area contributed by atoms with Gasteiger partial charge in [0.1, 0.15) is 11.5 Å². The van der Waals surface area contributed by atoms with Gasteiger partial charge in [-0.1, -0.05) is 12.1 Å². The maximum atomic E-state index is 10.7. The van der Waals surface area contributed by atoms with E-state index in [1.165, 1.54) is 25.1 Å². The Balaban J connectivity index is 2.34. The average molecular weight is 274 g/mol. The van der Waals surface area contributed by atoms with Crippen molar-refractivity contribution in [2.45, 2.75) is 6.92 Å². The maximum Gasteiger partial charge on any atom is 0.270 e. The molecule has 0 N–H and O–H groups in total. The lowest BCUT2D eigenvalue weighted by atomic mass is 10.1. The van der Waals surface area contributed by atoms with E-state index in [-0.39, 0.29) is 11.4 Å². The van der Waals surface area contributed by atoms with Crippen LogP contribution in [0.5, 0.6) is 0 Å². The molecule has 0 atom stereocenters. The van der Waals surface area contributed by atoms with Crippen LogP contribution in [-0.2, 0) is 0 Å². The number of furan rings is 1. The summed E-state index contributed by atoms with van der Waals surface area (Å²) in [5.74, 6) is 0.733. The number of rotatable bonds is 4. The van der Waals surface area contributed by atoms with Crippen LogP contribution >= 0.6 is 0 Å². The first-order chi connectivity index (χ1) is 9.47. The fourth-order valence-corrected chi connectivity index (χ4v) is 1.62. The van der Waals surface area contributed by atoms with Gasteiger partial charge in [-0.05, 0) is 12.1 Å². The van der Waals surface area contributed by atoms with Crippen molar-refractivity contribution in [2.75, 3.05) is 0 Å². The number of hydrogen-bond donors (Lipinski definition) is 0. The van der Waals surface area contributed by atoms with E-state index in [0.717, 1.165) is 0 Å². The molecule has 0 fully saturated rings. The van der Waals surface area contributed by atoms with E-state index < -0.39 is 9.85 Å². The molecule has 0 bridgehead atoms. The van der Waals surface area contributed by atoms with E-state index in [4.69, 9.17) is 4.42 Å². The molecular formula is C13H10N2O5. The van der Waals surface area contributed by atoms with Gasteiger partial charge in [0.05, 0.1) is 15.9 Å². The second-order valence-electron chi connectivity index (χ2n) is 4.05. The Morgan fingerprint density at radius 3 is 2.60 bits per heavy atom. The minimum Gasteiger partial charge on any atom is -0.456 e. The monoisotopic (exact) mass is 274 g/mol. The largest absolute Gasteiger partial charge is 0.456 e. The number of hydrogen-bond acceptors (Lipinski definition) is 5. The summed E-state index contributed by atoms with van der Waals surface area (Å²) in [5.41, 5.74) is 0.444. The summed E-state index contributed by atoms with van der Waals surface area (Å²) in [7, 11) is 0. The summed E-state index contributed by atoms with van der Waals surface area (Å²) in [6, 6.07) is 9.16. The summed E-state index contributed by atoms with van der Waals surface area (Å²) in [5, 5.41) is 21.2. The highest BCUT2D eigenvalue weighted by molar-refractivity contribution is 5.62. The highest BCUT2D eigenvalue weighted by atomic mass is 16.6. The number of nitrogens with zero attached hydrogens (tertiary/aromatic N) is 2. The fraction of sp³-hybridized carbons (Fsp3) is 0.0769. The number of nitro groups is 2. The van der Waals surface area contributed by atoms with Gasteiger partial charge in [-0.25, -0.2) is 0 Å². The predicted molar refractivity (Wildman–Crippen MR) is 71.4 cm³/mol. The van der Waals surface area contributed by atoms with Gasteiger partial charge in [-0.2, -0.15) is 0 Å². The van der Waals surface area contributed by atoms with E-state index in [2.05, 4.69) is 0 Å². The minimum atomic E-state index is -0.518. The Labute approximate surface area is 113 Å². The highest BCUT2D eigenvalue weighted by Crippen LogP contribution is 2.26. The lowest BCUT2D eigenvalue weighted by Crippen LogP contribution is -1.92. The number of benzene rings is 1. The molecule has 0 spiro atoms. The second kappa shape index (κ2) is 5.35. The summed E-state index contributed by atoms with van der Waals surface area (Å²) < 4.78 is 5.42. The van der Waals surface area contributed by atoms with Gasteiger partial charge in [0.15, 0.2) is 0 Å². The van der Waals surface area contributed by atoms with Gasteiger partial charge < -0.3 is 4.42 Å². The molecule has 0 unspecified atom stereocenters. The highest BCUT2D eigenvalue weighted by Gasteiger charge is 2.11. The third kappa shape index (κ3) is 2.89. The van der Waals surface area contributed by atoms with Gasteiger partial charge in [0, 0.05) is 24.6 Å². The molecule has 1 aromatic heterocycles. The zero-order chi connectivity index (χ0) is 14.7. The van der Waals surface area contributed by atoms with Gasteiger partial charge in [-0.15, -0.1) is 0 Å². The summed E-state index contributed by atoms with van der Waals surface area (Å²) >= 11 is 0. The molecule has 0 aliphatic rings. The first-order valence-corrected chi connectivity index (χ1v) is 5.65. The topological polar surface area (TPSA) is 99.4 Å². The lowest BCUT2D eigenvalue weighted by Gasteiger charge is -1.96. The van der Waals surface area contributed by atoms with Crippen LogP contribution in [0, 0.1) is 20.2 Å². The van der Waals surface area contributed by atoms with Crippen LogP contribution in [0.25, 0.3) is 17.4 Å². The quantitative estimate of drug-likeness (QED) is 0.627. The van der Waals surface area contributed by atoms with Gasteiger partial charge in [-0.3, -0.25) is 20.2 Å². The van der Waals surface area contributed by atoms with Crippen LogP contribution in [0.15, 0.2) is 46.5 Å². The first-order valence-electron chi connectivity index (χ1n) is 5.65. The van der Waals surface area contributed by atoms with Crippen molar-refractivity contribution in [2.24, 2.45) is 0 Å². The zero-order valence-corrected chi connectivity index (χ0v) is 10.5. The Hall–Kier alpha value is -2.96. The molecule has 7 heteroatoms. The zero-order valence-electron chi connectivity index (χ0n) is 10.5. The molecule has 0 aliphatic carbocycles. The molecule has 0 saturated heterocycles. The van der Waals surface area contributed by atoms with E-state index in [0.29, 0.717) is 17.1 Å². The van der Waals surface area contributed by atoms with Crippen molar-refractivity contribution in [3.05, 3.63) is 68.1 Å². The van der Waals surface area contributed by atoms with E-state index in [9.17, 15) is 20.2 Å². The van der Waals surface area contributed by atoms with Crippen molar-refractivity contribution in [1.29, 1.82) is 0 Å². The van der Waals surface area contributed by atoms with Crippen LogP contribution in [0.4, 0.5) is 5.69 Å². The standard InChI is InChI=1S/C13H10N2O5/c1-9(14(16)17)7-12-5-6-13(20-12)10-3-2-4-11(8-10)15(18)19/h2-8H,1H3. The third-order valence-electron chi connectivity index (χ3n) is 2.61. The molecule has 20 heavy (non-hydrogen) atoms. The smallest absolute Gasteiger partial charge is 0.270 e. The van der Waals surface area contributed by atoms with Gasteiger partial charge in [0.25, 0.3) is 5.69 Å². The molecule has 7 nitrogen and oxygen atoms in total. The Bertz CT molecular complexity index is 702. The molecular weight excluding hydrogens is 264 g/mol. The number of allylic oxidation sites excluding steroid dienone is 1. The number of nitro benzene ring substituents is 1. The first kappa shape index (κ1) is 13.5. The van der Waals surface area contributed by atoms with Crippen molar-refractivity contribution in [3.8, 4) is 11.3 Å². The van der Waals surface area contributed by atoms with Gasteiger partial charge >= 0.3 is 0 Å². The molecule has 0 amide bonds. The molecule has 0 aliphatic heterocycles. The van der Waals surface area contributed by atoms with Crippen molar-refractivity contribution in [1.82, 2.24) is 0 Å². The normalized spacial score (nSPS) is 11.3. The Morgan fingerprint density at radius 2 is 1.95 bits per heavy atom. The second-order valence-corrected chi connectivity index (χ2v) is 4.05. The van der Waals surface area contributed by atoms with Crippen LogP contribution < -0.4 is 0 Å². The molecule has 1 heterocycles. The van der Waals surface area contributed by atoms with Crippen molar-refractivity contribution < 1.29 is 14.3 Å². The lowest BCUT2D eigenvalue weighted by molar-refractivity contribution is -0.422. The van der Waals surface area contributed by atoms with Crippen molar-refractivity contribution in [3.63, 3.8) is 0 Å². The molecule has 2 rings (SSSR count). The molecule has 0 radical (unpaired) electrons. The summed E-state index contributed by atoms with van der Waals surface area (Å²) in [6.07, 6.45) is 1.29. The van der Waals surface area contributed by atoms with E-state index in [1.54, 1.807) is 24.3 Å². The van der Waals surface area contributed by atoms with Gasteiger partial charge in [0.2, 0.25) is 5.70 Å². The van der Waals surface area contributed by atoms with Crippen molar-refractivity contribution >= 4 is 11.8 Å². The van der Waals surface area contributed by atoms with Crippen LogP contribution in [0.1, 0.15) is 12.7 Å². The summed E-state index contributed by atoms with van der Waals surface area (Å²) in [6.45, 7) is 1.36. The molecule has 0 saturated carbocycles. The van der Waals surface area contributed by atoms with Crippen LogP contribution in [-0.4, -0.2) is 9.85 Å². The Kier molecular flexibility index (Phi) is 3.60. The molecule has 1 aromatic carbocycles. The molecule has 102 valence electrons. The minimum absolute atomic E-state index is 0.0440. The predicted octanol–water partition coefficient (Wildman–Crippen LogP) is 3.49. The Morgan fingerprint density at radius 1 is 1.20 bits per heavy atom. The van der Waals surface area contributed by atoms with Crippen LogP contribution in [0.2, 0.25) is 0 Å². The van der Waals surface area contributed by atoms with Crippen LogP contribution in [0.3, 0.4) is 0 Å². The number of non-ortho nitro benzene ring substituents is 1.